The fraction of sp³-hybridized carbons (Fsp3) is 0.600. The third-order valence-electron chi connectivity index (χ3n) is 5.67. The van der Waals surface area contributed by atoms with Gasteiger partial charge >= 0.3 is 0 Å². The van der Waals surface area contributed by atoms with Crippen molar-refractivity contribution in [1.29, 1.82) is 0 Å². The number of piperidine rings is 1. The van der Waals surface area contributed by atoms with Crippen molar-refractivity contribution in [1.82, 2.24) is 10.6 Å². The van der Waals surface area contributed by atoms with Gasteiger partial charge in [-0.25, -0.2) is 0 Å². The molecule has 1 heterocycles. The quantitative estimate of drug-likeness (QED) is 0.841. The zero-order chi connectivity index (χ0) is 18.7. The number of carbonyl (C=O) groups excluding carboxylic acids is 2. The number of ether oxygens (including phenoxy) is 1. The highest BCUT2D eigenvalue weighted by Gasteiger charge is 2.40. The van der Waals surface area contributed by atoms with Crippen molar-refractivity contribution in [3.8, 4) is 0 Å². The second-order valence-electron chi connectivity index (χ2n) is 7.68. The third-order valence-corrected chi connectivity index (χ3v) is 5.67. The molecule has 1 saturated heterocycles. The topological polar surface area (TPSA) is 70.7 Å². The summed E-state index contributed by atoms with van der Waals surface area (Å²) >= 11 is 0. The lowest BCUT2D eigenvalue weighted by Crippen LogP contribution is -2.56. The summed E-state index contributed by atoms with van der Waals surface area (Å²) < 4.78 is 5.30. The van der Waals surface area contributed by atoms with Crippen LogP contribution in [-0.2, 0) is 9.53 Å². The first-order chi connectivity index (χ1) is 12.5. The molecular weight excluding hydrogens is 330 g/mol. The van der Waals surface area contributed by atoms with E-state index in [0.29, 0.717) is 24.5 Å². The molecule has 0 bridgehead atoms. The number of carbonyl (C=O) groups is 2. The molecule has 2 fully saturated rings. The van der Waals surface area contributed by atoms with E-state index in [-0.39, 0.29) is 29.8 Å². The molecule has 4 atom stereocenters. The van der Waals surface area contributed by atoms with Gasteiger partial charge in [0.05, 0.1) is 0 Å². The van der Waals surface area contributed by atoms with Crippen molar-refractivity contribution in [2.75, 3.05) is 32.7 Å². The number of benzene rings is 1. The van der Waals surface area contributed by atoms with Gasteiger partial charge in [0, 0.05) is 57.6 Å². The Labute approximate surface area is 155 Å². The lowest BCUT2D eigenvalue weighted by Gasteiger charge is -2.43. The Hall–Kier alpha value is -2.08. The van der Waals surface area contributed by atoms with Gasteiger partial charge in [0.1, 0.15) is 0 Å². The van der Waals surface area contributed by atoms with E-state index in [1.165, 1.54) is 0 Å². The second kappa shape index (κ2) is 8.08. The minimum Gasteiger partial charge on any atom is -0.384 e. The number of rotatable bonds is 5. The van der Waals surface area contributed by atoms with Crippen molar-refractivity contribution >= 4 is 17.5 Å². The zero-order valence-corrected chi connectivity index (χ0v) is 15.8. The number of fused-ring (bicyclic) bond motifs is 1. The fourth-order valence-electron chi connectivity index (χ4n) is 4.29. The predicted molar refractivity (Wildman–Crippen MR) is 101 cm³/mol. The summed E-state index contributed by atoms with van der Waals surface area (Å²) in [5.74, 6) is 0.781. The number of hydrogen-bond acceptors (Lipinski definition) is 4. The van der Waals surface area contributed by atoms with Crippen LogP contribution < -0.4 is 15.5 Å². The van der Waals surface area contributed by atoms with E-state index in [2.05, 4.69) is 10.6 Å². The van der Waals surface area contributed by atoms with Gasteiger partial charge in [-0.3, -0.25) is 9.59 Å². The van der Waals surface area contributed by atoms with Crippen molar-refractivity contribution in [2.45, 2.75) is 37.8 Å². The average molecular weight is 359 g/mol. The Morgan fingerprint density at radius 2 is 2.00 bits per heavy atom. The SMILES string of the molecule is COCC1CC(=O)NC2CC(NC(=O)c3ccc(N(C)C)cc3)CCC12. The maximum Gasteiger partial charge on any atom is 0.251 e. The first kappa shape index (κ1) is 18.7. The lowest BCUT2D eigenvalue weighted by molar-refractivity contribution is -0.128. The summed E-state index contributed by atoms with van der Waals surface area (Å²) in [6.45, 7) is 0.629. The monoisotopic (exact) mass is 359 g/mol. The van der Waals surface area contributed by atoms with E-state index in [1.54, 1.807) is 7.11 Å². The molecule has 1 saturated carbocycles. The summed E-state index contributed by atoms with van der Waals surface area (Å²) in [5.41, 5.74) is 1.74. The molecule has 3 rings (SSSR count). The van der Waals surface area contributed by atoms with Crippen LogP contribution >= 0.6 is 0 Å². The van der Waals surface area contributed by atoms with E-state index >= 15 is 0 Å². The molecule has 1 aliphatic heterocycles. The van der Waals surface area contributed by atoms with Crippen LogP contribution in [-0.4, -0.2) is 51.7 Å². The maximum atomic E-state index is 12.6. The molecule has 2 aliphatic rings. The molecule has 26 heavy (non-hydrogen) atoms. The van der Waals surface area contributed by atoms with E-state index in [0.717, 1.165) is 24.9 Å². The number of anilines is 1. The standard InChI is InChI=1S/C20H29N3O3/c1-23(2)16-7-4-13(5-8-16)20(25)21-15-6-9-17-14(12-26-3)10-19(24)22-18(17)11-15/h4-5,7-8,14-15,17-18H,6,9-12H2,1-3H3,(H,21,25)(H,22,24). The number of nitrogens with zero attached hydrogens (tertiary/aromatic N) is 1. The molecule has 2 N–H and O–H groups in total. The van der Waals surface area contributed by atoms with Gasteiger partial charge in [-0.1, -0.05) is 0 Å². The number of hydrogen-bond donors (Lipinski definition) is 2. The van der Waals surface area contributed by atoms with Gasteiger partial charge in [0.2, 0.25) is 5.91 Å². The smallest absolute Gasteiger partial charge is 0.251 e. The Morgan fingerprint density at radius 1 is 1.27 bits per heavy atom. The molecule has 1 aromatic rings. The largest absolute Gasteiger partial charge is 0.384 e. The molecule has 6 heteroatoms. The predicted octanol–water partition coefficient (Wildman–Crippen LogP) is 1.80. The number of nitrogens with one attached hydrogen (secondary N) is 2. The maximum absolute atomic E-state index is 12.6. The lowest BCUT2D eigenvalue weighted by atomic mass is 9.71. The van der Waals surface area contributed by atoms with Gasteiger partial charge in [-0.15, -0.1) is 0 Å². The van der Waals surface area contributed by atoms with E-state index < -0.39 is 0 Å². The van der Waals surface area contributed by atoms with Crippen LogP contribution in [0, 0.1) is 11.8 Å². The summed E-state index contributed by atoms with van der Waals surface area (Å²) in [6.07, 6.45) is 3.28. The first-order valence-corrected chi connectivity index (χ1v) is 9.34. The molecule has 1 aromatic carbocycles. The Kier molecular flexibility index (Phi) is 5.81. The number of amides is 2. The van der Waals surface area contributed by atoms with Crippen molar-refractivity contribution < 1.29 is 14.3 Å². The second-order valence-corrected chi connectivity index (χ2v) is 7.68. The van der Waals surface area contributed by atoms with Gasteiger partial charge in [-0.2, -0.15) is 0 Å². The molecule has 142 valence electrons. The minimum atomic E-state index is -0.0469. The Bertz CT molecular complexity index is 644. The molecule has 0 spiro atoms. The van der Waals surface area contributed by atoms with Gasteiger partial charge in [-0.05, 0) is 55.4 Å². The third kappa shape index (κ3) is 4.18. The molecular formula is C20H29N3O3. The van der Waals surface area contributed by atoms with Crippen molar-refractivity contribution in [2.24, 2.45) is 11.8 Å². The summed E-state index contributed by atoms with van der Waals surface area (Å²) in [5, 5.41) is 6.26. The van der Waals surface area contributed by atoms with Crippen LogP contribution in [0.1, 0.15) is 36.0 Å². The van der Waals surface area contributed by atoms with Crippen LogP contribution in [0.15, 0.2) is 24.3 Å². The summed E-state index contributed by atoms with van der Waals surface area (Å²) in [4.78, 5) is 26.5. The molecule has 1 aliphatic carbocycles. The molecule has 0 radical (unpaired) electrons. The highest BCUT2D eigenvalue weighted by molar-refractivity contribution is 5.94. The summed E-state index contributed by atoms with van der Waals surface area (Å²) in [6, 6.07) is 7.83. The minimum absolute atomic E-state index is 0.0469. The Balaban J connectivity index is 1.59. The fourth-order valence-corrected chi connectivity index (χ4v) is 4.29. The van der Waals surface area contributed by atoms with E-state index in [9.17, 15) is 9.59 Å². The van der Waals surface area contributed by atoms with Gasteiger partial charge in [0.25, 0.3) is 5.91 Å². The van der Waals surface area contributed by atoms with E-state index in [4.69, 9.17) is 4.74 Å². The van der Waals surface area contributed by atoms with Crippen LogP contribution in [0.2, 0.25) is 0 Å². The van der Waals surface area contributed by atoms with Crippen LogP contribution in [0.4, 0.5) is 5.69 Å². The van der Waals surface area contributed by atoms with Crippen molar-refractivity contribution in [3.63, 3.8) is 0 Å². The first-order valence-electron chi connectivity index (χ1n) is 9.34. The van der Waals surface area contributed by atoms with Crippen LogP contribution in [0.3, 0.4) is 0 Å². The normalized spacial score (nSPS) is 28.0. The zero-order valence-electron chi connectivity index (χ0n) is 15.8. The van der Waals surface area contributed by atoms with Gasteiger partial charge < -0.3 is 20.3 Å². The van der Waals surface area contributed by atoms with Crippen molar-refractivity contribution in [3.05, 3.63) is 29.8 Å². The highest BCUT2D eigenvalue weighted by Crippen LogP contribution is 2.35. The van der Waals surface area contributed by atoms with Crippen LogP contribution in [0.25, 0.3) is 0 Å². The van der Waals surface area contributed by atoms with Crippen LogP contribution in [0.5, 0.6) is 0 Å². The molecule has 0 aromatic heterocycles. The average Bonchev–Trinajstić information content (AvgIpc) is 2.61. The number of methoxy groups -OCH3 is 1. The highest BCUT2D eigenvalue weighted by atomic mass is 16.5. The molecule has 6 nitrogen and oxygen atoms in total. The van der Waals surface area contributed by atoms with E-state index in [1.807, 2.05) is 43.3 Å². The van der Waals surface area contributed by atoms with Gasteiger partial charge in [0.15, 0.2) is 0 Å². The Morgan fingerprint density at radius 3 is 2.65 bits per heavy atom. The summed E-state index contributed by atoms with van der Waals surface area (Å²) in [7, 11) is 5.64. The molecule has 4 unspecified atom stereocenters. The molecule has 2 amide bonds.